The van der Waals surface area contributed by atoms with E-state index in [-0.39, 0.29) is 0 Å². The molecule has 0 N–H and O–H groups in total. The monoisotopic (exact) mass is 232 g/mol. The molecule has 3 heteroatoms. The average Bonchev–Trinajstić information content (AvgIpc) is 2.79. The van der Waals surface area contributed by atoms with Gasteiger partial charge in [-0.15, -0.1) is 0 Å². The van der Waals surface area contributed by atoms with Gasteiger partial charge in [-0.05, 0) is 46.3 Å². The summed E-state index contributed by atoms with van der Waals surface area (Å²) in [6.07, 6.45) is 2.09. The van der Waals surface area contributed by atoms with Crippen LogP contribution < -0.4 is 0 Å². The minimum absolute atomic E-state index is 0.365. The van der Waals surface area contributed by atoms with E-state index in [9.17, 15) is 8.78 Å². The van der Waals surface area contributed by atoms with E-state index in [0.717, 1.165) is 24.5 Å². The molecule has 12 heavy (non-hydrogen) atoms. The van der Waals surface area contributed by atoms with Crippen LogP contribution in [-0.2, 0) is 0 Å². The lowest BCUT2D eigenvalue weighted by atomic mass is 10.1. The largest absolute Gasteiger partial charge is 0.207 e. The third kappa shape index (κ3) is 1.38. The van der Waals surface area contributed by atoms with Gasteiger partial charge in [0.15, 0.2) is 0 Å². The van der Waals surface area contributed by atoms with Gasteiger partial charge >= 0.3 is 0 Å². The molecule has 0 spiro atoms. The van der Waals surface area contributed by atoms with Gasteiger partial charge in [0.25, 0.3) is 0 Å². The second-order valence-electron chi connectivity index (χ2n) is 3.07. The summed E-state index contributed by atoms with van der Waals surface area (Å²) in [5.41, 5.74) is 0.771. The van der Waals surface area contributed by atoms with Crippen LogP contribution in [0.25, 0.3) is 0 Å². The Morgan fingerprint density at radius 2 is 1.92 bits per heavy atom. The Morgan fingerprint density at radius 3 is 2.50 bits per heavy atom. The van der Waals surface area contributed by atoms with Gasteiger partial charge in [-0.25, -0.2) is 8.78 Å². The summed E-state index contributed by atoms with van der Waals surface area (Å²) in [4.78, 5) is 0. The molecule has 1 fully saturated rings. The van der Waals surface area contributed by atoms with Crippen LogP contribution in [-0.4, -0.2) is 0 Å². The summed E-state index contributed by atoms with van der Waals surface area (Å²) in [5, 5.41) is 0. The molecule has 0 aliphatic heterocycles. The highest BCUT2D eigenvalue weighted by molar-refractivity contribution is 9.10. The minimum Gasteiger partial charge on any atom is -0.207 e. The first-order valence-electron chi connectivity index (χ1n) is 3.83. The topological polar surface area (TPSA) is 0 Å². The highest BCUT2D eigenvalue weighted by Gasteiger charge is 2.27. The van der Waals surface area contributed by atoms with E-state index < -0.39 is 11.6 Å². The van der Waals surface area contributed by atoms with Crippen molar-refractivity contribution in [3.8, 4) is 0 Å². The van der Waals surface area contributed by atoms with Gasteiger partial charge in [0.1, 0.15) is 11.6 Å². The summed E-state index contributed by atoms with van der Waals surface area (Å²) >= 11 is 3.11. The van der Waals surface area contributed by atoms with E-state index in [1.165, 1.54) is 6.07 Å². The number of rotatable bonds is 1. The maximum Gasteiger partial charge on any atom is 0.140 e. The first-order chi connectivity index (χ1) is 5.68. The van der Waals surface area contributed by atoms with Crippen molar-refractivity contribution in [2.75, 3.05) is 0 Å². The number of halogens is 3. The summed E-state index contributed by atoms with van der Waals surface area (Å²) in [7, 11) is 0. The number of hydrogen-bond acceptors (Lipinski definition) is 0. The molecule has 0 amide bonds. The van der Waals surface area contributed by atoms with Crippen LogP contribution in [0.3, 0.4) is 0 Å². The molecule has 1 aliphatic rings. The molecule has 0 heterocycles. The highest BCUT2D eigenvalue weighted by atomic mass is 79.9. The fourth-order valence-corrected chi connectivity index (χ4v) is 1.82. The molecule has 0 nitrogen and oxygen atoms in total. The van der Waals surface area contributed by atoms with Crippen LogP contribution in [0.5, 0.6) is 0 Å². The van der Waals surface area contributed by atoms with Crippen LogP contribution >= 0.6 is 15.9 Å². The quantitative estimate of drug-likeness (QED) is 0.650. The van der Waals surface area contributed by atoms with Gasteiger partial charge in [0.05, 0.1) is 4.47 Å². The van der Waals surface area contributed by atoms with Gasteiger partial charge in [-0.1, -0.05) is 0 Å². The Hall–Kier alpha value is -0.440. The minimum atomic E-state index is -0.503. The second kappa shape index (κ2) is 2.80. The van der Waals surface area contributed by atoms with Crippen molar-refractivity contribution in [3.05, 3.63) is 33.8 Å². The standard InChI is InChI=1S/C9H7BrF2/c10-9-7(5-1-2-5)3-6(11)4-8(9)12/h3-5H,1-2H2. The molecule has 1 aromatic carbocycles. The van der Waals surface area contributed by atoms with E-state index in [0.29, 0.717) is 10.4 Å². The van der Waals surface area contributed by atoms with E-state index >= 15 is 0 Å². The van der Waals surface area contributed by atoms with E-state index in [2.05, 4.69) is 15.9 Å². The van der Waals surface area contributed by atoms with E-state index in [1.807, 2.05) is 0 Å². The lowest BCUT2D eigenvalue weighted by Gasteiger charge is -2.03. The number of benzene rings is 1. The van der Waals surface area contributed by atoms with Gasteiger partial charge in [-0.2, -0.15) is 0 Å². The summed E-state index contributed by atoms with van der Waals surface area (Å²) in [6.45, 7) is 0. The first-order valence-corrected chi connectivity index (χ1v) is 4.62. The van der Waals surface area contributed by atoms with Crippen molar-refractivity contribution in [2.45, 2.75) is 18.8 Å². The van der Waals surface area contributed by atoms with Crippen molar-refractivity contribution in [1.29, 1.82) is 0 Å². The molecule has 64 valence electrons. The third-order valence-electron chi connectivity index (χ3n) is 2.04. The van der Waals surface area contributed by atoms with Gasteiger partial charge in [-0.3, -0.25) is 0 Å². The molecule has 0 bridgehead atoms. The second-order valence-corrected chi connectivity index (χ2v) is 3.86. The fourth-order valence-electron chi connectivity index (χ4n) is 1.27. The molecule has 0 aromatic heterocycles. The molecular weight excluding hydrogens is 226 g/mol. The van der Waals surface area contributed by atoms with Crippen LogP contribution in [0.15, 0.2) is 16.6 Å². The fraction of sp³-hybridized carbons (Fsp3) is 0.333. The SMILES string of the molecule is Fc1cc(F)c(Br)c(C2CC2)c1. The zero-order chi connectivity index (χ0) is 8.72. The smallest absolute Gasteiger partial charge is 0.140 e. The third-order valence-corrected chi connectivity index (χ3v) is 2.87. The van der Waals surface area contributed by atoms with Crippen molar-refractivity contribution >= 4 is 15.9 Å². The summed E-state index contributed by atoms with van der Waals surface area (Å²) < 4.78 is 26.1. The first kappa shape index (κ1) is 8.17. The highest BCUT2D eigenvalue weighted by Crippen LogP contribution is 2.44. The lowest BCUT2D eigenvalue weighted by molar-refractivity contribution is 0.575. The Kier molecular flexibility index (Phi) is 1.91. The lowest BCUT2D eigenvalue weighted by Crippen LogP contribution is -1.89. The Labute approximate surface area is 77.7 Å². The number of hydrogen-bond donors (Lipinski definition) is 0. The van der Waals surface area contributed by atoms with Crippen molar-refractivity contribution in [1.82, 2.24) is 0 Å². The van der Waals surface area contributed by atoms with Crippen molar-refractivity contribution in [3.63, 3.8) is 0 Å². The van der Waals surface area contributed by atoms with Gasteiger partial charge in [0, 0.05) is 6.07 Å². The Morgan fingerprint density at radius 1 is 1.25 bits per heavy atom. The summed E-state index contributed by atoms with van der Waals surface area (Å²) in [5.74, 6) is -0.626. The predicted octanol–water partition coefficient (Wildman–Crippen LogP) is 3.60. The normalized spacial score (nSPS) is 16.6. The molecule has 1 aliphatic carbocycles. The van der Waals surface area contributed by atoms with Crippen LogP contribution in [0.4, 0.5) is 8.78 Å². The Balaban J connectivity index is 2.51. The maximum atomic E-state index is 12.9. The van der Waals surface area contributed by atoms with Crippen molar-refractivity contribution < 1.29 is 8.78 Å². The molecule has 2 rings (SSSR count). The van der Waals surface area contributed by atoms with Crippen LogP contribution in [0.1, 0.15) is 24.3 Å². The zero-order valence-electron chi connectivity index (χ0n) is 6.28. The summed E-state index contributed by atoms with van der Waals surface area (Å²) in [6, 6.07) is 2.31. The molecule has 0 radical (unpaired) electrons. The van der Waals surface area contributed by atoms with Gasteiger partial charge < -0.3 is 0 Å². The molecule has 0 unspecified atom stereocenters. The molecule has 1 aromatic rings. The maximum absolute atomic E-state index is 12.9. The molecular formula is C9H7BrF2. The van der Waals surface area contributed by atoms with E-state index in [4.69, 9.17) is 0 Å². The zero-order valence-corrected chi connectivity index (χ0v) is 7.87. The molecule has 0 saturated heterocycles. The molecule has 1 saturated carbocycles. The van der Waals surface area contributed by atoms with Crippen molar-refractivity contribution in [2.24, 2.45) is 0 Å². The average molecular weight is 233 g/mol. The van der Waals surface area contributed by atoms with Crippen LogP contribution in [0, 0.1) is 11.6 Å². The van der Waals surface area contributed by atoms with Crippen LogP contribution in [0.2, 0.25) is 0 Å². The van der Waals surface area contributed by atoms with E-state index in [1.54, 1.807) is 0 Å². The molecule has 0 atom stereocenters. The van der Waals surface area contributed by atoms with Gasteiger partial charge in [0.2, 0.25) is 0 Å². The predicted molar refractivity (Wildman–Crippen MR) is 46.0 cm³/mol. The Bertz CT molecular complexity index is 319.